The number of aromatic nitrogens is 2. The van der Waals surface area contributed by atoms with Crippen LogP contribution >= 0.6 is 0 Å². The van der Waals surface area contributed by atoms with Crippen LogP contribution in [0.4, 0.5) is 20.4 Å². The van der Waals surface area contributed by atoms with Crippen molar-refractivity contribution in [2.24, 2.45) is 5.92 Å². The fourth-order valence-electron chi connectivity index (χ4n) is 3.05. The number of halogens is 2. The minimum Gasteiger partial charge on any atom is -0.324 e. The van der Waals surface area contributed by atoms with Crippen molar-refractivity contribution in [3.8, 4) is 0 Å². The standard InChI is InChI=1S/C18H14F2N4O2/c19-12-6-5-10(9-13(12)20)24-8-7-11(17(24)26)16(25)23-18-21-14-3-1-2-4-15(14)22-18/h1-6,9,11H,7-8H2,(H2,21,22,23,25). The van der Waals surface area contributed by atoms with Crippen molar-refractivity contribution >= 4 is 34.5 Å². The van der Waals surface area contributed by atoms with Gasteiger partial charge in [-0.05, 0) is 30.7 Å². The molecule has 1 unspecified atom stereocenters. The van der Waals surface area contributed by atoms with E-state index in [-0.39, 0.29) is 24.6 Å². The molecule has 1 aliphatic rings. The number of carbonyl (C=O) groups is 2. The summed E-state index contributed by atoms with van der Waals surface area (Å²) < 4.78 is 26.5. The van der Waals surface area contributed by atoms with E-state index in [4.69, 9.17) is 0 Å². The molecule has 8 heteroatoms. The minimum absolute atomic E-state index is 0.230. The summed E-state index contributed by atoms with van der Waals surface area (Å²) in [6.45, 7) is 0.252. The number of rotatable bonds is 3. The predicted molar refractivity (Wildman–Crippen MR) is 91.5 cm³/mol. The van der Waals surface area contributed by atoms with Gasteiger partial charge in [0.25, 0.3) is 0 Å². The molecular weight excluding hydrogens is 342 g/mol. The molecule has 1 aliphatic heterocycles. The Balaban J connectivity index is 1.50. The highest BCUT2D eigenvalue weighted by atomic mass is 19.2. The maximum atomic E-state index is 13.4. The fraction of sp³-hybridized carbons (Fsp3) is 0.167. The van der Waals surface area contributed by atoms with Gasteiger partial charge in [0, 0.05) is 18.3 Å². The molecule has 2 aromatic carbocycles. The van der Waals surface area contributed by atoms with Crippen LogP contribution in [-0.2, 0) is 9.59 Å². The first-order valence-electron chi connectivity index (χ1n) is 8.05. The second kappa shape index (κ2) is 6.21. The first-order chi connectivity index (χ1) is 12.5. The van der Waals surface area contributed by atoms with Crippen molar-refractivity contribution in [2.75, 3.05) is 16.8 Å². The van der Waals surface area contributed by atoms with E-state index >= 15 is 0 Å². The van der Waals surface area contributed by atoms with Gasteiger partial charge in [0.2, 0.25) is 17.8 Å². The van der Waals surface area contributed by atoms with E-state index in [0.717, 1.165) is 17.6 Å². The average Bonchev–Trinajstić information content (AvgIpc) is 3.20. The third kappa shape index (κ3) is 2.79. The lowest BCUT2D eigenvalue weighted by Gasteiger charge is -2.16. The third-order valence-electron chi connectivity index (χ3n) is 4.37. The van der Waals surface area contributed by atoms with Crippen LogP contribution in [0.15, 0.2) is 42.5 Å². The van der Waals surface area contributed by atoms with Gasteiger partial charge in [-0.1, -0.05) is 12.1 Å². The van der Waals surface area contributed by atoms with Crippen LogP contribution < -0.4 is 10.2 Å². The first kappa shape index (κ1) is 16.2. The zero-order valence-electron chi connectivity index (χ0n) is 13.5. The van der Waals surface area contributed by atoms with Gasteiger partial charge in [-0.3, -0.25) is 14.9 Å². The number of para-hydroxylation sites is 2. The molecule has 132 valence electrons. The second-order valence-electron chi connectivity index (χ2n) is 6.02. The number of fused-ring (bicyclic) bond motifs is 1. The van der Waals surface area contributed by atoms with E-state index in [1.165, 1.54) is 11.0 Å². The molecule has 0 saturated carbocycles. The summed E-state index contributed by atoms with van der Waals surface area (Å²) in [6.07, 6.45) is 0.282. The number of imidazole rings is 1. The Morgan fingerprint density at radius 1 is 1.19 bits per heavy atom. The molecule has 1 atom stereocenters. The van der Waals surface area contributed by atoms with Crippen LogP contribution in [0.1, 0.15) is 6.42 Å². The number of H-pyrrole nitrogens is 1. The van der Waals surface area contributed by atoms with Crippen molar-refractivity contribution in [1.82, 2.24) is 9.97 Å². The van der Waals surface area contributed by atoms with Crippen LogP contribution in [0.3, 0.4) is 0 Å². The quantitative estimate of drug-likeness (QED) is 0.709. The Morgan fingerprint density at radius 2 is 2.00 bits per heavy atom. The largest absolute Gasteiger partial charge is 0.324 e. The average molecular weight is 356 g/mol. The molecule has 26 heavy (non-hydrogen) atoms. The minimum atomic E-state index is -1.04. The lowest BCUT2D eigenvalue weighted by atomic mass is 10.1. The number of hydrogen-bond donors (Lipinski definition) is 2. The Kier molecular flexibility index (Phi) is 3.87. The van der Waals surface area contributed by atoms with Gasteiger partial charge in [0.15, 0.2) is 11.6 Å². The Labute approximate surface area is 146 Å². The molecule has 0 bridgehead atoms. The molecule has 0 radical (unpaired) electrons. The van der Waals surface area contributed by atoms with Crippen molar-refractivity contribution < 1.29 is 18.4 Å². The van der Waals surface area contributed by atoms with Crippen molar-refractivity contribution in [3.63, 3.8) is 0 Å². The van der Waals surface area contributed by atoms with Crippen molar-refractivity contribution in [2.45, 2.75) is 6.42 Å². The monoisotopic (exact) mass is 356 g/mol. The lowest BCUT2D eigenvalue weighted by Crippen LogP contribution is -2.33. The van der Waals surface area contributed by atoms with Gasteiger partial charge in [0.1, 0.15) is 5.92 Å². The van der Waals surface area contributed by atoms with Crippen LogP contribution in [-0.4, -0.2) is 28.3 Å². The van der Waals surface area contributed by atoms with Gasteiger partial charge < -0.3 is 9.88 Å². The van der Waals surface area contributed by atoms with E-state index in [2.05, 4.69) is 15.3 Å². The zero-order chi connectivity index (χ0) is 18.3. The summed E-state index contributed by atoms with van der Waals surface area (Å²) in [5.74, 6) is -3.61. The SMILES string of the molecule is O=C(Nc1nc2ccccc2[nH]1)C1CCN(c2ccc(F)c(F)c2)C1=O. The summed E-state index contributed by atoms with van der Waals surface area (Å²) in [5, 5.41) is 2.61. The molecule has 2 N–H and O–H groups in total. The number of nitrogens with one attached hydrogen (secondary N) is 2. The molecule has 0 spiro atoms. The molecule has 1 fully saturated rings. The van der Waals surface area contributed by atoms with Crippen LogP contribution in [0, 0.1) is 17.6 Å². The smallest absolute Gasteiger partial charge is 0.239 e. The summed E-state index contributed by atoms with van der Waals surface area (Å²) in [7, 11) is 0. The zero-order valence-corrected chi connectivity index (χ0v) is 13.5. The normalized spacial score (nSPS) is 17.1. The maximum Gasteiger partial charge on any atom is 0.239 e. The Hall–Kier alpha value is -3.29. The lowest BCUT2D eigenvalue weighted by molar-refractivity contribution is -0.129. The Bertz CT molecular complexity index is 984. The highest BCUT2D eigenvalue weighted by Gasteiger charge is 2.38. The highest BCUT2D eigenvalue weighted by Crippen LogP contribution is 2.27. The van der Waals surface area contributed by atoms with E-state index in [0.29, 0.717) is 5.52 Å². The molecule has 6 nitrogen and oxygen atoms in total. The number of benzene rings is 2. The molecule has 2 heterocycles. The van der Waals surface area contributed by atoms with Crippen molar-refractivity contribution in [3.05, 3.63) is 54.1 Å². The summed E-state index contributed by atoms with van der Waals surface area (Å²) >= 11 is 0. The van der Waals surface area contributed by atoms with Crippen molar-refractivity contribution in [1.29, 1.82) is 0 Å². The summed E-state index contributed by atoms with van der Waals surface area (Å²) in [6, 6.07) is 10.5. The number of carbonyl (C=O) groups excluding carboxylic acids is 2. The van der Waals surface area contributed by atoms with Crippen LogP contribution in [0.25, 0.3) is 11.0 Å². The fourth-order valence-corrected chi connectivity index (χ4v) is 3.05. The highest BCUT2D eigenvalue weighted by molar-refractivity contribution is 6.13. The van der Waals surface area contributed by atoms with Gasteiger partial charge in [-0.2, -0.15) is 0 Å². The Morgan fingerprint density at radius 3 is 2.77 bits per heavy atom. The molecule has 1 saturated heterocycles. The number of amides is 2. The molecule has 0 aliphatic carbocycles. The number of nitrogens with zero attached hydrogens (tertiary/aromatic N) is 2. The summed E-state index contributed by atoms with van der Waals surface area (Å²) in [5.41, 5.74) is 1.70. The summed E-state index contributed by atoms with van der Waals surface area (Å²) in [4.78, 5) is 33.5. The molecule has 1 aromatic heterocycles. The molecule has 3 aromatic rings. The number of anilines is 2. The molecule has 2 amide bonds. The maximum absolute atomic E-state index is 13.4. The topological polar surface area (TPSA) is 78.1 Å². The number of hydrogen-bond acceptors (Lipinski definition) is 3. The molecule has 4 rings (SSSR count). The van der Waals surface area contributed by atoms with Gasteiger partial charge in [-0.15, -0.1) is 0 Å². The molecular formula is C18H14F2N4O2. The van der Waals surface area contributed by atoms with E-state index in [9.17, 15) is 18.4 Å². The third-order valence-corrected chi connectivity index (χ3v) is 4.37. The van der Waals surface area contributed by atoms with Crippen LogP contribution in [0.2, 0.25) is 0 Å². The van der Waals surface area contributed by atoms with Gasteiger partial charge >= 0.3 is 0 Å². The van der Waals surface area contributed by atoms with Gasteiger partial charge in [0.05, 0.1) is 11.0 Å². The van der Waals surface area contributed by atoms with E-state index in [1.54, 1.807) is 6.07 Å². The number of aromatic amines is 1. The predicted octanol–water partition coefficient (Wildman–Crippen LogP) is 2.83. The first-order valence-corrected chi connectivity index (χ1v) is 8.05. The van der Waals surface area contributed by atoms with Crippen LogP contribution in [0.5, 0.6) is 0 Å². The second-order valence-corrected chi connectivity index (χ2v) is 6.02. The van der Waals surface area contributed by atoms with E-state index in [1.807, 2.05) is 18.2 Å². The van der Waals surface area contributed by atoms with E-state index < -0.39 is 29.4 Å². The van der Waals surface area contributed by atoms with Gasteiger partial charge in [-0.25, -0.2) is 13.8 Å².